The Kier molecular flexibility index (Phi) is 6.81. The van der Waals surface area contributed by atoms with Crippen molar-refractivity contribution in [3.63, 3.8) is 0 Å². The molecule has 1 aliphatic rings. The lowest BCUT2D eigenvalue weighted by atomic mass is 9.90. The second kappa shape index (κ2) is 10.4. The summed E-state index contributed by atoms with van der Waals surface area (Å²) in [6.07, 6.45) is 6.37. The van der Waals surface area contributed by atoms with E-state index in [9.17, 15) is 19.2 Å². The summed E-state index contributed by atoms with van der Waals surface area (Å²) >= 11 is 0. The molecule has 0 atom stereocenters. The molecule has 0 radical (unpaired) electrons. The molecule has 39 heavy (non-hydrogen) atoms. The topological polar surface area (TPSA) is 134 Å². The van der Waals surface area contributed by atoms with Crippen LogP contribution < -0.4 is 10.6 Å². The lowest BCUT2D eigenvalue weighted by Crippen LogP contribution is -2.19. The summed E-state index contributed by atoms with van der Waals surface area (Å²) in [4.78, 5) is 42.4. The first-order chi connectivity index (χ1) is 18.7. The lowest BCUT2D eigenvalue weighted by molar-refractivity contribution is -0.117. The molecule has 2 amide bonds. The molecule has 0 aliphatic heterocycles. The molecule has 10 heteroatoms. The van der Waals surface area contributed by atoms with Crippen LogP contribution in [0.4, 0.5) is 15.9 Å². The quantitative estimate of drug-likeness (QED) is 0.344. The predicted molar refractivity (Wildman–Crippen MR) is 143 cm³/mol. The summed E-state index contributed by atoms with van der Waals surface area (Å²) in [6, 6.07) is 14.6. The largest absolute Gasteiger partial charge is 0.319 e. The molecule has 9 nitrogen and oxygen atoms in total. The molecule has 0 unspecified atom stereocenters. The number of anilines is 2. The third-order valence-electron chi connectivity index (χ3n) is 6.33. The summed E-state index contributed by atoms with van der Waals surface area (Å²) in [5, 5.41) is 14.8. The van der Waals surface area contributed by atoms with E-state index in [-0.39, 0.29) is 23.1 Å². The van der Waals surface area contributed by atoms with Gasteiger partial charge in [-0.3, -0.25) is 14.6 Å². The Bertz CT molecular complexity index is 1630. The number of halogens is 1. The van der Waals surface area contributed by atoms with Gasteiger partial charge in [0.2, 0.25) is 5.91 Å². The van der Waals surface area contributed by atoms with E-state index in [0.717, 1.165) is 12.8 Å². The third kappa shape index (κ3) is 5.78. The Morgan fingerprint density at radius 1 is 0.949 bits per heavy atom. The van der Waals surface area contributed by atoms with Crippen molar-refractivity contribution in [1.82, 2.24) is 19.9 Å². The van der Waals surface area contributed by atoms with Gasteiger partial charge in [-0.1, -0.05) is 0 Å². The minimum absolute atomic E-state index is 0.0236. The Morgan fingerprint density at radius 3 is 2.49 bits per heavy atom. The summed E-state index contributed by atoms with van der Waals surface area (Å²) in [7, 11) is 0. The number of aromatic nitrogens is 4. The maximum Gasteiger partial charge on any atom is 0.255 e. The molecule has 1 fully saturated rings. The minimum atomic E-state index is -0.884. The van der Waals surface area contributed by atoms with Gasteiger partial charge in [0.05, 0.1) is 28.6 Å². The molecule has 0 bridgehead atoms. The molecule has 0 spiro atoms. The standard InChI is InChI=1S/C29H24FN7O2/c1-29(2,16-31)24-14-20(8-10-32-24)28(39)36-23-13-18(5-6-21(23)30)22-9-12-34-26(35-22)19-7-11-33-25(15-19)37-27(38)17-3-4-17/h5-15,17H,3-4H2,1-2H3,(H,36,39)(H,33,37,38). The van der Waals surface area contributed by atoms with Crippen LogP contribution in [0, 0.1) is 23.1 Å². The summed E-state index contributed by atoms with van der Waals surface area (Å²) in [5.74, 6) is -0.332. The van der Waals surface area contributed by atoms with Gasteiger partial charge in [-0.15, -0.1) is 0 Å². The zero-order valence-electron chi connectivity index (χ0n) is 21.3. The lowest BCUT2D eigenvalue weighted by Gasteiger charge is -2.15. The number of nitrogens with one attached hydrogen (secondary N) is 2. The van der Waals surface area contributed by atoms with Crippen molar-refractivity contribution >= 4 is 23.3 Å². The zero-order valence-corrected chi connectivity index (χ0v) is 21.3. The third-order valence-corrected chi connectivity index (χ3v) is 6.33. The van der Waals surface area contributed by atoms with Crippen LogP contribution in [0.25, 0.3) is 22.6 Å². The second-order valence-corrected chi connectivity index (χ2v) is 9.77. The van der Waals surface area contributed by atoms with Crippen LogP contribution in [0.2, 0.25) is 0 Å². The highest BCUT2D eigenvalue weighted by Gasteiger charge is 2.30. The van der Waals surface area contributed by atoms with Gasteiger partial charge in [0, 0.05) is 41.2 Å². The number of hydrogen-bond donors (Lipinski definition) is 2. The van der Waals surface area contributed by atoms with Crippen molar-refractivity contribution in [3.8, 4) is 28.7 Å². The highest BCUT2D eigenvalue weighted by atomic mass is 19.1. The van der Waals surface area contributed by atoms with Crippen molar-refractivity contribution in [2.24, 2.45) is 5.92 Å². The number of carbonyl (C=O) groups is 2. The fraction of sp³-hybridized carbons (Fsp3) is 0.207. The summed E-state index contributed by atoms with van der Waals surface area (Å²) in [5.41, 5.74) is 1.51. The van der Waals surface area contributed by atoms with Gasteiger partial charge in [-0.2, -0.15) is 5.26 Å². The second-order valence-electron chi connectivity index (χ2n) is 9.77. The Hall–Kier alpha value is -5.04. The number of pyridine rings is 2. The molecule has 4 aromatic rings. The van der Waals surface area contributed by atoms with Crippen LogP contribution in [0.3, 0.4) is 0 Å². The molecule has 1 saturated carbocycles. The van der Waals surface area contributed by atoms with Crippen molar-refractivity contribution < 1.29 is 14.0 Å². The van der Waals surface area contributed by atoms with Gasteiger partial charge in [0.15, 0.2) is 5.82 Å². The van der Waals surface area contributed by atoms with E-state index in [0.29, 0.717) is 34.2 Å². The van der Waals surface area contributed by atoms with Crippen LogP contribution in [0.1, 0.15) is 42.7 Å². The molecule has 1 aliphatic carbocycles. The smallest absolute Gasteiger partial charge is 0.255 e. The molecular weight excluding hydrogens is 497 g/mol. The highest BCUT2D eigenvalue weighted by molar-refractivity contribution is 6.04. The molecule has 3 heterocycles. The minimum Gasteiger partial charge on any atom is -0.319 e. The number of nitriles is 1. The molecule has 5 rings (SSSR count). The maximum absolute atomic E-state index is 14.7. The molecule has 1 aromatic carbocycles. The SMILES string of the molecule is CC(C)(C#N)c1cc(C(=O)Nc2cc(-c3ccnc(-c4ccnc(NC(=O)C5CC5)c4)n3)ccc2F)ccn1. The first kappa shape index (κ1) is 25.6. The van der Waals surface area contributed by atoms with E-state index in [1.54, 1.807) is 50.5 Å². The zero-order chi connectivity index (χ0) is 27.6. The van der Waals surface area contributed by atoms with Gasteiger partial charge in [-0.05, 0) is 75.2 Å². The normalized spacial score (nSPS) is 12.9. The van der Waals surface area contributed by atoms with Crippen molar-refractivity contribution in [2.75, 3.05) is 10.6 Å². The molecule has 2 N–H and O–H groups in total. The number of carbonyl (C=O) groups excluding carboxylic acids is 2. The van der Waals surface area contributed by atoms with Crippen LogP contribution in [-0.2, 0) is 10.2 Å². The number of benzene rings is 1. The van der Waals surface area contributed by atoms with Gasteiger partial charge in [0.25, 0.3) is 5.91 Å². The van der Waals surface area contributed by atoms with E-state index >= 15 is 0 Å². The molecule has 194 valence electrons. The van der Waals surface area contributed by atoms with Crippen molar-refractivity contribution in [2.45, 2.75) is 32.1 Å². The summed E-state index contributed by atoms with van der Waals surface area (Å²) in [6.45, 7) is 3.40. The monoisotopic (exact) mass is 521 g/mol. The fourth-order valence-electron chi connectivity index (χ4n) is 3.82. The maximum atomic E-state index is 14.7. The van der Waals surface area contributed by atoms with Crippen molar-refractivity contribution in [3.05, 3.63) is 84.2 Å². The predicted octanol–water partition coefficient (Wildman–Crippen LogP) is 5.14. The number of rotatable bonds is 7. The van der Waals surface area contributed by atoms with E-state index in [1.807, 2.05) is 0 Å². The van der Waals surface area contributed by atoms with Crippen LogP contribution in [-0.4, -0.2) is 31.8 Å². The molecule has 0 saturated heterocycles. The molecule has 3 aromatic heterocycles. The van der Waals surface area contributed by atoms with E-state index in [1.165, 1.54) is 30.5 Å². The first-order valence-corrected chi connectivity index (χ1v) is 12.3. The van der Waals surface area contributed by atoms with Crippen LogP contribution in [0.15, 0.2) is 67.1 Å². The van der Waals surface area contributed by atoms with Crippen molar-refractivity contribution in [1.29, 1.82) is 5.26 Å². The number of nitrogens with zero attached hydrogens (tertiary/aromatic N) is 5. The average molecular weight is 522 g/mol. The van der Waals surface area contributed by atoms with Gasteiger partial charge < -0.3 is 10.6 Å². The molecular formula is C29H24FN7O2. The van der Waals surface area contributed by atoms with Crippen LogP contribution in [0.5, 0.6) is 0 Å². The van der Waals surface area contributed by atoms with E-state index in [4.69, 9.17) is 0 Å². The van der Waals surface area contributed by atoms with Gasteiger partial charge in [-0.25, -0.2) is 19.3 Å². The van der Waals surface area contributed by atoms with Gasteiger partial charge >= 0.3 is 0 Å². The summed E-state index contributed by atoms with van der Waals surface area (Å²) < 4.78 is 14.7. The Balaban J connectivity index is 1.38. The fourth-order valence-corrected chi connectivity index (χ4v) is 3.82. The number of hydrogen-bond acceptors (Lipinski definition) is 7. The average Bonchev–Trinajstić information content (AvgIpc) is 3.80. The first-order valence-electron chi connectivity index (χ1n) is 12.3. The van der Waals surface area contributed by atoms with Gasteiger partial charge in [0.1, 0.15) is 11.6 Å². The Labute approximate surface area is 224 Å². The number of amides is 2. The van der Waals surface area contributed by atoms with E-state index < -0.39 is 17.1 Å². The van der Waals surface area contributed by atoms with Crippen LogP contribution >= 0.6 is 0 Å². The van der Waals surface area contributed by atoms with E-state index in [2.05, 4.69) is 36.6 Å². The Morgan fingerprint density at radius 2 is 1.72 bits per heavy atom. The highest BCUT2D eigenvalue weighted by Crippen LogP contribution is 2.31.